The van der Waals surface area contributed by atoms with E-state index in [1.165, 1.54) is 6.42 Å². The summed E-state index contributed by atoms with van der Waals surface area (Å²) in [5, 5.41) is 9.09. The first-order valence-corrected chi connectivity index (χ1v) is 12.7. The number of methoxy groups -OCH3 is 1. The Morgan fingerprint density at radius 3 is 2.53 bits per heavy atom. The van der Waals surface area contributed by atoms with E-state index in [2.05, 4.69) is 20.9 Å². The average Bonchev–Trinajstić information content (AvgIpc) is 3.49. The molecule has 194 valence electrons. The van der Waals surface area contributed by atoms with E-state index in [9.17, 15) is 19.2 Å². The van der Waals surface area contributed by atoms with Crippen LogP contribution in [0.5, 0.6) is 5.75 Å². The van der Waals surface area contributed by atoms with Crippen LogP contribution in [-0.2, 0) is 14.4 Å². The lowest BCUT2D eigenvalue weighted by Crippen LogP contribution is -2.54. The van der Waals surface area contributed by atoms with Gasteiger partial charge in [0.1, 0.15) is 23.5 Å². The van der Waals surface area contributed by atoms with Gasteiger partial charge in [0.15, 0.2) is 0 Å². The number of nitrogens with two attached hydrogens (primary N) is 1. The van der Waals surface area contributed by atoms with Crippen LogP contribution in [-0.4, -0.2) is 54.4 Å². The van der Waals surface area contributed by atoms with Crippen LogP contribution in [0.4, 0.5) is 0 Å². The van der Waals surface area contributed by atoms with Gasteiger partial charge in [-0.05, 0) is 43.4 Å². The zero-order valence-electron chi connectivity index (χ0n) is 20.6. The van der Waals surface area contributed by atoms with Crippen molar-refractivity contribution in [3.8, 4) is 5.75 Å². The number of rotatable bonds is 10. The highest BCUT2D eigenvalue weighted by molar-refractivity contribution is 6.01. The van der Waals surface area contributed by atoms with E-state index in [4.69, 9.17) is 10.5 Å². The van der Waals surface area contributed by atoms with E-state index in [1.54, 1.807) is 13.2 Å². The Morgan fingerprint density at radius 2 is 1.86 bits per heavy atom. The van der Waals surface area contributed by atoms with Gasteiger partial charge in [-0.1, -0.05) is 38.2 Å². The third kappa shape index (κ3) is 5.98. The van der Waals surface area contributed by atoms with Crippen LogP contribution in [0.1, 0.15) is 61.9 Å². The summed E-state index contributed by atoms with van der Waals surface area (Å²) in [5.74, 6) is -1.18. The Labute approximate surface area is 210 Å². The number of hydrogen-bond acceptors (Lipinski definition) is 5. The van der Waals surface area contributed by atoms with Crippen molar-refractivity contribution < 1.29 is 23.9 Å². The fourth-order valence-corrected chi connectivity index (χ4v) is 5.32. The van der Waals surface area contributed by atoms with Crippen molar-refractivity contribution in [2.45, 2.75) is 63.5 Å². The molecular weight excluding hydrogens is 462 g/mol. The maximum absolute atomic E-state index is 13.4. The number of benzene rings is 1. The number of aromatic amines is 1. The number of fused-ring (bicyclic) bond motifs is 1. The lowest BCUT2D eigenvalue weighted by atomic mass is 9.84. The fraction of sp³-hybridized carbons (Fsp3) is 0.538. The molecular formula is C26H35N5O5. The van der Waals surface area contributed by atoms with Gasteiger partial charge in [-0.2, -0.15) is 0 Å². The van der Waals surface area contributed by atoms with E-state index in [1.807, 2.05) is 18.2 Å². The largest absolute Gasteiger partial charge is 0.496 e. The number of hydrogen-bond donors (Lipinski definition) is 5. The molecule has 0 radical (unpaired) electrons. The van der Waals surface area contributed by atoms with E-state index in [-0.39, 0.29) is 18.2 Å². The first kappa shape index (κ1) is 25.5. The van der Waals surface area contributed by atoms with Crippen molar-refractivity contribution >= 4 is 34.5 Å². The van der Waals surface area contributed by atoms with Crippen molar-refractivity contribution in [2.24, 2.45) is 17.6 Å². The first-order valence-electron chi connectivity index (χ1n) is 12.7. The quantitative estimate of drug-likeness (QED) is 0.338. The minimum absolute atomic E-state index is 0.138. The Bertz CT molecular complexity index is 1120. The molecule has 1 saturated heterocycles. The van der Waals surface area contributed by atoms with Crippen LogP contribution in [0.15, 0.2) is 24.3 Å². The van der Waals surface area contributed by atoms with Crippen LogP contribution in [0, 0.1) is 11.8 Å². The van der Waals surface area contributed by atoms with Crippen LogP contribution >= 0.6 is 0 Å². The number of amides is 4. The molecule has 2 aromatic rings. The maximum Gasteiger partial charge on any atom is 0.268 e. The molecule has 1 saturated carbocycles. The average molecular weight is 498 g/mol. The standard InChI is InChI=1S/C26H35N5O5/c1-36-22-9-5-8-18-17(22)14-21(29-18)26(35)31-20(12-15-6-3-2-4-7-15)25(34)30-19(23(27)32)13-16-10-11-28-24(16)33/h5,8-9,14-16,19-20,29H,2-4,6-7,10-13H2,1H3,(H2,27,32)(H,28,33)(H,30,34)(H,31,35)/t16-,19?,20?/m0/s1. The monoisotopic (exact) mass is 497 g/mol. The number of ether oxygens (including phenoxy) is 1. The van der Waals surface area contributed by atoms with Crippen molar-refractivity contribution in [1.82, 2.24) is 20.9 Å². The molecule has 2 aliphatic rings. The summed E-state index contributed by atoms with van der Waals surface area (Å²) in [6, 6.07) is 5.35. The number of primary amides is 1. The lowest BCUT2D eigenvalue weighted by Gasteiger charge is -2.28. The van der Waals surface area contributed by atoms with E-state index < -0.39 is 29.8 Å². The highest BCUT2D eigenvalue weighted by Gasteiger charge is 2.33. The molecule has 10 heteroatoms. The Balaban J connectivity index is 1.50. The van der Waals surface area contributed by atoms with Gasteiger partial charge in [0.05, 0.1) is 7.11 Å². The highest BCUT2D eigenvalue weighted by Crippen LogP contribution is 2.29. The second-order valence-corrected chi connectivity index (χ2v) is 9.85. The molecule has 36 heavy (non-hydrogen) atoms. The minimum atomic E-state index is -0.991. The summed E-state index contributed by atoms with van der Waals surface area (Å²) in [6.45, 7) is 0.540. The molecule has 1 aliphatic heterocycles. The van der Waals surface area contributed by atoms with Crippen molar-refractivity contribution in [3.05, 3.63) is 30.0 Å². The number of carbonyl (C=O) groups is 4. The lowest BCUT2D eigenvalue weighted by molar-refractivity contribution is -0.130. The Kier molecular flexibility index (Phi) is 8.12. The summed E-state index contributed by atoms with van der Waals surface area (Å²) in [5.41, 5.74) is 6.62. The molecule has 6 N–H and O–H groups in total. The predicted molar refractivity (Wildman–Crippen MR) is 134 cm³/mol. The van der Waals surface area contributed by atoms with Crippen molar-refractivity contribution in [1.29, 1.82) is 0 Å². The van der Waals surface area contributed by atoms with Crippen LogP contribution in [0.3, 0.4) is 0 Å². The molecule has 2 heterocycles. The molecule has 3 atom stereocenters. The number of carbonyl (C=O) groups excluding carboxylic acids is 4. The van der Waals surface area contributed by atoms with Gasteiger partial charge in [0, 0.05) is 23.4 Å². The second kappa shape index (κ2) is 11.5. The van der Waals surface area contributed by atoms with Crippen LogP contribution in [0.2, 0.25) is 0 Å². The van der Waals surface area contributed by atoms with Gasteiger partial charge in [-0.25, -0.2) is 0 Å². The highest BCUT2D eigenvalue weighted by atomic mass is 16.5. The Hall–Kier alpha value is -3.56. The summed E-state index contributed by atoms with van der Waals surface area (Å²) in [7, 11) is 1.57. The van der Waals surface area contributed by atoms with Gasteiger partial charge in [-0.3, -0.25) is 19.2 Å². The summed E-state index contributed by atoms with van der Waals surface area (Å²) in [4.78, 5) is 53.8. The van der Waals surface area contributed by atoms with E-state index >= 15 is 0 Å². The topological polar surface area (TPSA) is 155 Å². The smallest absolute Gasteiger partial charge is 0.268 e. The molecule has 2 unspecified atom stereocenters. The van der Waals surface area contributed by atoms with Gasteiger partial charge < -0.3 is 31.4 Å². The van der Waals surface area contributed by atoms with Crippen LogP contribution in [0.25, 0.3) is 10.9 Å². The first-order chi connectivity index (χ1) is 17.4. The van der Waals surface area contributed by atoms with Gasteiger partial charge in [0.25, 0.3) is 5.91 Å². The molecule has 2 fully saturated rings. The molecule has 10 nitrogen and oxygen atoms in total. The number of H-pyrrole nitrogens is 1. The molecule has 0 bridgehead atoms. The molecule has 4 amide bonds. The minimum Gasteiger partial charge on any atom is -0.496 e. The van der Waals surface area contributed by atoms with Gasteiger partial charge in [0.2, 0.25) is 17.7 Å². The Morgan fingerprint density at radius 1 is 1.08 bits per heavy atom. The normalized spacial score (nSPS) is 19.9. The van der Waals surface area contributed by atoms with Crippen molar-refractivity contribution in [2.75, 3.05) is 13.7 Å². The van der Waals surface area contributed by atoms with Crippen molar-refractivity contribution in [3.63, 3.8) is 0 Å². The zero-order valence-corrected chi connectivity index (χ0v) is 20.6. The molecule has 0 spiro atoms. The summed E-state index contributed by atoms with van der Waals surface area (Å²) >= 11 is 0. The zero-order chi connectivity index (χ0) is 25.7. The van der Waals surface area contributed by atoms with E-state index in [0.717, 1.165) is 36.6 Å². The van der Waals surface area contributed by atoms with E-state index in [0.29, 0.717) is 36.7 Å². The SMILES string of the molecule is COc1cccc2[nH]c(C(=O)NC(CC3CCCCC3)C(=O)NC(C[C@@H]3CCNC3=O)C(N)=O)cc12. The second-order valence-electron chi connectivity index (χ2n) is 9.85. The molecule has 1 aromatic carbocycles. The maximum atomic E-state index is 13.4. The predicted octanol–water partition coefficient (Wildman–Crippen LogP) is 1.74. The third-order valence-electron chi connectivity index (χ3n) is 7.35. The summed E-state index contributed by atoms with van der Waals surface area (Å²) in [6.07, 6.45) is 6.53. The van der Waals surface area contributed by atoms with Gasteiger partial charge in [-0.15, -0.1) is 0 Å². The molecule has 1 aliphatic carbocycles. The fourth-order valence-electron chi connectivity index (χ4n) is 5.32. The van der Waals surface area contributed by atoms with Crippen LogP contribution < -0.4 is 26.4 Å². The molecule has 4 rings (SSSR count). The third-order valence-corrected chi connectivity index (χ3v) is 7.35. The number of aromatic nitrogens is 1. The van der Waals surface area contributed by atoms with Gasteiger partial charge >= 0.3 is 0 Å². The molecule has 1 aromatic heterocycles. The summed E-state index contributed by atoms with van der Waals surface area (Å²) < 4.78 is 5.38. The number of nitrogens with one attached hydrogen (secondary N) is 4.